The molecular weight excluding hydrogens is 268 g/mol. The SMILES string of the molecule is Cc1ccc2c(c1)SC(C(=O)NCc1cccnc1)C2. The number of aryl methyl sites for hydroxylation is 1. The van der Waals surface area contributed by atoms with Crippen LogP contribution in [0.4, 0.5) is 0 Å². The van der Waals surface area contributed by atoms with E-state index in [1.54, 1.807) is 24.2 Å². The van der Waals surface area contributed by atoms with Crippen molar-refractivity contribution in [1.29, 1.82) is 0 Å². The normalized spacial score (nSPS) is 16.8. The van der Waals surface area contributed by atoms with Gasteiger partial charge in [0.15, 0.2) is 0 Å². The van der Waals surface area contributed by atoms with E-state index < -0.39 is 0 Å². The Morgan fingerprint density at radius 2 is 2.35 bits per heavy atom. The minimum atomic E-state index is -0.0107. The van der Waals surface area contributed by atoms with E-state index in [9.17, 15) is 4.79 Å². The fourth-order valence-electron chi connectivity index (χ4n) is 2.29. The van der Waals surface area contributed by atoms with E-state index in [1.165, 1.54) is 16.0 Å². The molecule has 4 heteroatoms. The van der Waals surface area contributed by atoms with E-state index in [2.05, 4.69) is 35.4 Å². The molecule has 1 amide bonds. The summed E-state index contributed by atoms with van der Waals surface area (Å²) in [5, 5.41) is 2.98. The molecule has 1 aliphatic heterocycles. The lowest BCUT2D eigenvalue weighted by Gasteiger charge is -2.09. The number of rotatable bonds is 3. The first kappa shape index (κ1) is 13.2. The lowest BCUT2D eigenvalue weighted by molar-refractivity contribution is -0.120. The maximum atomic E-state index is 12.2. The molecule has 0 bridgehead atoms. The quantitative estimate of drug-likeness (QED) is 0.942. The van der Waals surface area contributed by atoms with Gasteiger partial charge in [-0.3, -0.25) is 9.78 Å². The van der Waals surface area contributed by atoms with E-state index in [0.29, 0.717) is 6.54 Å². The predicted molar refractivity (Wildman–Crippen MR) is 80.6 cm³/mol. The monoisotopic (exact) mass is 284 g/mol. The van der Waals surface area contributed by atoms with E-state index in [1.807, 2.05) is 12.1 Å². The van der Waals surface area contributed by atoms with Gasteiger partial charge in [-0.2, -0.15) is 0 Å². The van der Waals surface area contributed by atoms with Crippen molar-refractivity contribution in [2.75, 3.05) is 0 Å². The summed E-state index contributed by atoms with van der Waals surface area (Å²) in [5.41, 5.74) is 3.55. The first-order chi connectivity index (χ1) is 9.72. The van der Waals surface area contributed by atoms with Crippen molar-refractivity contribution in [3.05, 3.63) is 59.4 Å². The number of carbonyl (C=O) groups is 1. The number of fused-ring (bicyclic) bond motifs is 1. The molecule has 0 spiro atoms. The number of carbonyl (C=O) groups excluding carboxylic acids is 1. The van der Waals surface area contributed by atoms with Gasteiger partial charge in [-0.1, -0.05) is 23.8 Å². The number of amides is 1. The van der Waals surface area contributed by atoms with Crippen LogP contribution in [0.25, 0.3) is 0 Å². The summed E-state index contributed by atoms with van der Waals surface area (Å²) in [6.45, 7) is 2.62. The molecule has 1 N–H and O–H groups in total. The lowest BCUT2D eigenvalue weighted by Crippen LogP contribution is -2.31. The first-order valence-corrected chi connectivity index (χ1v) is 7.53. The molecule has 2 heterocycles. The van der Waals surface area contributed by atoms with Gasteiger partial charge in [0.25, 0.3) is 0 Å². The van der Waals surface area contributed by atoms with Crippen LogP contribution >= 0.6 is 11.8 Å². The Morgan fingerprint density at radius 3 is 3.15 bits per heavy atom. The van der Waals surface area contributed by atoms with Crippen LogP contribution in [0.5, 0.6) is 0 Å². The van der Waals surface area contributed by atoms with Crippen LogP contribution in [-0.4, -0.2) is 16.1 Å². The molecule has 1 aromatic heterocycles. The van der Waals surface area contributed by atoms with Gasteiger partial charge in [0, 0.05) is 23.8 Å². The summed E-state index contributed by atoms with van der Waals surface area (Å²) in [6.07, 6.45) is 4.33. The number of benzene rings is 1. The molecule has 0 radical (unpaired) electrons. The van der Waals surface area contributed by atoms with Crippen LogP contribution in [-0.2, 0) is 17.8 Å². The minimum Gasteiger partial charge on any atom is -0.351 e. The van der Waals surface area contributed by atoms with Gasteiger partial charge >= 0.3 is 0 Å². The molecule has 0 saturated heterocycles. The second-order valence-electron chi connectivity index (χ2n) is 5.00. The van der Waals surface area contributed by atoms with Crippen molar-refractivity contribution in [3.8, 4) is 0 Å². The smallest absolute Gasteiger partial charge is 0.234 e. The molecule has 3 nitrogen and oxygen atoms in total. The standard InChI is InChI=1S/C16H16N2OS/c1-11-4-5-13-8-15(20-14(13)7-11)16(19)18-10-12-3-2-6-17-9-12/h2-7,9,15H,8,10H2,1H3,(H,18,19). The number of hydrogen-bond donors (Lipinski definition) is 1. The zero-order valence-corrected chi connectivity index (χ0v) is 12.1. The zero-order chi connectivity index (χ0) is 13.9. The Balaban J connectivity index is 1.60. The maximum Gasteiger partial charge on any atom is 0.234 e. The second-order valence-corrected chi connectivity index (χ2v) is 6.25. The highest BCUT2D eigenvalue weighted by Crippen LogP contribution is 2.37. The zero-order valence-electron chi connectivity index (χ0n) is 11.3. The number of nitrogens with zero attached hydrogens (tertiary/aromatic N) is 1. The Hall–Kier alpha value is -1.81. The highest BCUT2D eigenvalue weighted by molar-refractivity contribution is 8.01. The molecule has 1 unspecified atom stereocenters. The molecule has 1 atom stereocenters. The third-order valence-corrected chi connectivity index (χ3v) is 4.68. The van der Waals surface area contributed by atoms with Crippen molar-refractivity contribution >= 4 is 17.7 Å². The molecular formula is C16H16N2OS. The summed E-state index contributed by atoms with van der Waals surface area (Å²) in [6, 6.07) is 10.2. The van der Waals surface area contributed by atoms with Crippen LogP contribution in [0.1, 0.15) is 16.7 Å². The number of hydrogen-bond acceptors (Lipinski definition) is 3. The Morgan fingerprint density at radius 1 is 1.45 bits per heavy atom. The van der Waals surface area contributed by atoms with Crippen LogP contribution < -0.4 is 5.32 Å². The van der Waals surface area contributed by atoms with E-state index in [4.69, 9.17) is 0 Å². The lowest BCUT2D eigenvalue weighted by atomic mass is 10.1. The molecule has 0 aliphatic carbocycles. The number of thioether (sulfide) groups is 1. The number of nitrogens with one attached hydrogen (secondary N) is 1. The van der Waals surface area contributed by atoms with Crippen molar-refractivity contribution in [1.82, 2.24) is 10.3 Å². The molecule has 0 fully saturated rings. The largest absolute Gasteiger partial charge is 0.351 e. The predicted octanol–water partition coefficient (Wildman–Crippen LogP) is 2.72. The number of pyridine rings is 1. The van der Waals surface area contributed by atoms with Gasteiger partial charge in [0.1, 0.15) is 0 Å². The third kappa shape index (κ3) is 2.85. The van der Waals surface area contributed by atoms with Crippen molar-refractivity contribution in [2.24, 2.45) is 0 Å². The summed E-state index contributed by atoms with van der Waals surface area (Å²) >= 11 is 1.67. The molecule has 1 aliphatic rings. The highest BCUT2D eigenvalue weighted by Gasteiger charge is 2.27. The van der Waals surface area contributed by atoms with Crippen LogP contribution in [0.2, 0.25) is 0 Å². The third-order valence-electron chi connectivity index (χ3n) is 3.38. The fraction of sp³-hybridized carbons (Fsp3) is 0.250. The topological polar surface area (TPSA) is 42.0 Å². The molecule has 20 heavy (non-hydrogen) atoms. The van der Waals surface area contributed by atoms with E-state index >= 15 is 0 Å². The minimum absolute atomic E-state index is 0.0107. The van der Waals surface area contributed by atoms with Crippen LogP contribution in [0, 0.1) is 6.92 Å². The maximum absolute atomic E-state index is 12.2. The highest BCUT2D eigenvalue weighted by atomic mass is 32.2. The molecule has 102 valence electrons. The van der Waals surface area contributed by atoms with Crippen molar-refractivity contribution < 1.29 is 4.79 Å². The van der Waals surface area contributed by atoms with Gasteiger partial charge in [-0.25, -0.2) is 0 Å². The van der Waals surface area contributed by atoms with Gasteiger partial charge in [0.2, 0.25) is 5.91 Å². The van der Waals surface area contributed by atoms with Gasteiger partial charge in [-0.15, -0.1) is 11.8 Å². The first-order valence-electron chi connectivity index (χ1n) is 6.65. The molecule has 2 aromatic rings. The average Bonchev–Trinajstić information content (AvgIpc) is 2.89. The Labute approximate surface area is 122 Å². The average molecular weight is 284 g/mol. The summed E-state index contributed by atoms with van der Waals surface area (Å²) < 4.78 is 0. The Kier molecular flexibility index (Phi) is 3.74. The van der Waals surface area contributed by atoms with Gasteiger partial charge in [0.05, 0.1) is 5.25 Å². The Bertz CT molecular complexity index is 628. The summed E-state index contributed by atoms with van der Waals surface area (Å²) in [5.74, 6) is 0.104. The van der Waals surface area contributed by atoms with Crippen molar-refractivity contribution in [2.45, 2.75) is 30.0 Å². The molecule has 3 rings (SSSR count). The van der Waals surface area contributed by atoms with Gasteiger partial charge < -0.3 is 5.32 Å². The van der Waals surface area contributed by atoms with Crippen LogP contribution in [0.3, 0.4) is 0 Å². The summed E-state index contributed by atoms with van der Waals surface area (Å²) in [7, 11) is 0. The van der Waals surface area contributed by atoms with E-state index in [-0.39, 0.29) is 11.2 Å². The molecule has 1 aromatic carbocycles. The molecule has 0 saturated carbocycles. The van der Waals surface area contributed by atoms with E-state index in [0.717, 1.165) is 12.0 Å². The van der Waals surface area contributed by atoms with Crippen molar-refractivity contribution in [3.63, 3.8) is 0 Å². The number of aromatic nitrogens is 1. The summed E-state index contributed by atoms with van der Waals surface area (Å²) in [4.78, 5) is 17.5. The fourth-order valence-corrected chi connectivity index (χ4v) is 3.60. The van der Waals surface area contributed by atoms with Gasteiger partial charge in [-0.05, 0) is 36.6 Å². The second kappa shape index (κ2) is 5.67. The van der Waals surface area contributed by atoms with Crippen LogP contribution in [0.15, 0.2) is 47.6 Å².